The standard InChI is InChI=1S/C20H28N6O3/c1-3-8-29-18-9-14(19(27)23-11-15-10-21-6-7-22-15)4-5-16(18)25-20(28)17-12-26(2)13-24-17/h6-7,10,12-14,16,18H,3-5,8-9,11H2,1-2H3,(H,23,27)(H,25,28)/t14-,16-,18-/m0/s1. The van der Waals surface area contributed by atoms with Crippen LogP contribution in [0.4, 0.5) is 0 Å². The predicted molar refractivity (Wildman–Crippen MR) is 106 cm³/mol. The average molecular weight is 400 g/mol. The number of hydrogen-bond donors (Lipinski definition) is 2. The van der Waals surface area contributed by atoms with Crippen molar-refractivity contribution in [3.63, 3.8) is 0 Å². The van der Waals surface area contributed by atoms with Crippen LogP contribution in [0, 0.1) is 5.92 Å². The van der Waals surface area contributed by atoms with E-state index in [1.54, 1.807) is 35.7 Å². The number of carbonyl (C=O) groups excluding carboxylic acids is 2. The summed E-state index contributed by atoms with van der Waals surface area (Å²) >= 11 is 0. The van der Waals surface area contributed by atoms with E-state index in [0.717, 1.165) is 12.1 Å². The minimum Gasteiger partial charge on any atom is -0.376 e. The molecule has 9 nitrogen and oxygen atoms in total. The Morgan fingerprint density at radius 3 is 2.83 bits per heavy atom. The Labute approximate surface area is 170 Å². The van der Waals surface area contributed by atoms with Crippen molar-refractivity contribution in [3.8, 4) is 0 Å². The van der Waals surface area contributed by atoms with Crippen molar-refractivity contribution in [1.82, 2.24) is 30.2 Å². The van der Waals surface area contributed by atoms with E-state index in [-0.39, 0.29) is 29.9 Å². The Morgan fingerprint density at radius 1 is 1.28 bits per heavy atom. The second-order valence-electron chi connectivity index (χ2n) is 7.34. The monoisotopic (exact) mass is 400 g/mol. The van der Waals surface area contributed by atoms with Gasteiger partial charge in [-0.05, 0) is 25.7 Å². The highest BCUT2D eigenvalue weighted by Crippen LogP contribution is 2.27. The summed E-state index contributed by atoms with van der Waals surface area (Å²) in [6.07, 6.45) is 10.7. The van der Waals surface area contributed by atoms with E-state index in [4.69, 9.17) is 4.74 Å². The van der Waals surface area contributed by atoms with Gasteiger partial charge in [0, 0.05) is 38.2 Å². The number of imidazole rings is 1. The number of nitrogens with zero attached hydrogens (tertiary/aromatic N) is 4. The van der Waals surface area contributed by atoms with E-state index >= 15 is 0 Å². The van der Waals surface area contributed by atoms with Crippen LogP contribution in [0.15, 0.2) is 31.1 Å². The lowest BCUT2D eigenvalue weighted by Gasteiger charge is -2.35. The van der Waals surface area contributed by atoms with E-state index in [9.17, 15) is 9.59 Å². The van der Waals surface area contributed by atoms with Crippen LogP contribution < -0.4 is 10.6 Å². The van der Waals surface area contributed by atoms with Crippen molar-refractivity contribution in [2.45, 2.75) is 51.3 Å². The molecule has 156 valence electrons. The van der Waals surface area contributed by atoms with E-state index in [2.05, 4.69) is 25.6 Å². The third-order valence-electron chi connectivity index (χ3n) is 5.01. The molecule has 2 N–H and O–H groups in total. The Morgan fingerprint density at radius 2 is 2.14 bits per heavy atom. The van der Waals surface area contributed by atoms with Gasteiger partial charge in [0.25, 0.3) is 5.91 Å². The van der Waals surface area contributed by atoms with Gasteiger partial charge in [-0.25, -0.2) is 4.98 Å². The summed E-state index contributed by atoms with van der Waals surface area (Å²) in [5.74, 6) is -0.391. The molecule has 1 aliphatic carbocycles. The fourth-order valence-electron chi connectivity index (χ4n) is 3.50. The van der Waals surface area contributed by atoms with Crippen LogP contribution in [0.25, 0.3) is 0 Å². The normalized spacial score (nSPS) is 21.5. The van der Waals surface area contributed by atoms with Crippen LogP contribution >= 0.6 is 0 Å². The molecule has 0 radical (unpaired) electrons. The van der Waals surface area contributed by atoms with Crippen LogP contribution in [0.2, 0.25) is 0 Å². The van der Waals surface area contributed by atoms with E-state index in [0.29, 0.717) is 38.1 Å². The lowest BCUT2D eigenvalue weighted by Crippen LogP contribution is -2.50. The zero-order valence-corrected chi connectivity index (χ0v) is 16.9. The van der Waals surface area contributed by atoms with Crippen molar-refractivity contribution < 1.29 is 14.3 Å². The summed E-state index contributed by atoms with van der Waals surface area (Å²) in [6.45, 7) is 2.98. The SMILES string of the molecule is CCCO[C@H]1C[C@@H](C(=O)NCc2cnccn2)CC[C@@H]1NC(=O)c1cn(C)cn1. The largest absolute Gasteiger partial charge is 0.376 e. The van der Waals surface area contributed by atoms with Crippen LogP contribution in [-0.2, 0) is 23.1 Å². The summed E-state index contributed by atoms with van der Waals surface area (Å²) in [5, 5.41) is 5.97. The number of hydrogen-bond acceptors (Lipinski definition) is 6. The molecular formula is C20H28N6O3. The highest BCUT2D eigenvalue weighted by molar-refractivity contribution is 5.92. The molecule has 0 saturated heterocycles. The highest BCUT2D eigenvalue weighted by atomic mass is 16.5. The number of rotatable bonds is 8. The average Bonchev–Trinajstić information content (AvgIpc) is 3.18. The zero-order valence-electron chi connectivity index (χ0n) is 16.9. The number of nitrogens with one attached hydrogen (secondary N) is 2. The van der Waals surface area contributed by atoms with Crippen molar-refractivity contribution >= 4 is 11.8 Å². The third kappa shape index (κ3) is 5.83. The zero-order chi connectivity index (χ0) is 20.6. The first-order valence-electron chi connectivity index (χ1n) is 9.99. The molecule has 2 aromatic heterocycles. The molecule has 0 spiro atoms. The molecule has 2 aromatic rings. The molecule has 1 saturated carbocycles. The molecule has 3 atom stereocenters. The molecule has 1 fully saturated rings. The molecule has 1 aliphatic rings. The molecule has 0 aliphatic heterocycles. The fraction of sp³-hybridized carbons (Fsp3) is 0.550. The second-order valence-corrected chi connectivity index (χ2v) is 7.34. The molecule has 0 aromatic carbocycles. The van der Waals surface area contributed by atoms with Crippen molar-refractivity contribution in [2.75, 3.05) is 6.61 Å². The maximum absolute atomic E-state index is 12.6. The van der Waals surface area contributed by atoms with Gasteiger partial charge in [-0.1, -0.05) is 6.92 Å². The predicted octanol–water partition coefficient (Wildman–Crippen LogP) is 1.22. The van der Waals surface area contributed by atoms with Crippen molar-refractivity contribution in [1.29, 1.82) is 0 Å². The maximum atomic E-state index is 12.6. The first kappa shape index (κ1) is 20.9. The summed E-state index contributed by atoms with van der Waals surface area (Å²) in [7, 11) is 1.82. The highest BCUT2D eigenvalue weighted by Gasteiger charge is 2.35. The molecular weight excluding hydrogens is 372 g/mol. The minimum atomic E-state index is -0.216. The minimum absolute atomic E-state index is 0.0183. The summed E-state index contributed by atoms with van der Waals surface area (Å²) in [6, 6.07) is -0.139. The number of carbonyl (C=O) groups is 2. The molecule has 3 rings (SSSR count). The van der Waals surface area contributed by atoms with Gasteiger partial charge in [-0.3, -0.25) is 19.6 Å². The van der Waals surface area contributed by atoms with Gasteiger partial charge in [0.1, 0.15) is 5.69 Å². The summed E-state index contributed by atoms with van der Waals surface area (Å²) in [5.41, 5.74) is 1.10. The quantitative estimate of drug-likeness (QED) is 0.689. The van der Waals surface area contributed by atoms with Gasteiger partial charge < -0.3 is 19.9 Å². The van der Waals surface area contributed by atoms with E-state index in [1.165, 1.54) is 0 Å². The number of ether oxygens (including phenoxy) is 1. The van der Waals surface area contributed by atoms with Crippen LogP contribution in [-0.4, -0.2) is 50.1 Å². The Bertz CT molecular complexity index is 810. The van der Waals surface area contributed by atoms with Gasteiger partial charge in [0.15, 0.2) is 0 Å². The van der Waals surface area contributed by atoms with Crippen LogP contribution in [0.3, 0.4) is 0 Å². The number of amides is 2. The molecule has 2 amide bonds. The Kier molecular flexibility index (Phi) is 7.29. The number of aromatic nitrogens is 4. The Balaban J connectivity index is 1.57. The fourth-order valence-corrected chi connectivity index (χ4v) is 3.50. The lowest BCUT2D eigenvalue weighted by atomic mass is 9.83. The molecule has 0 unspecified atom stereocenters. The van der Waals surface area contributed by atoms with Gasteiger partial charge in [0.05, 0.1) is 36.9 Å². The summed E-state index contributed by atoms with van der Waals surface area (Å²) < 4.78 is 7.72. The van der Waals surface area contributed by atoms with Gasteiger partial charge in [-0.15, -0.1) is 0 Å². The maximum Gasteiger partial charge on any atom is 0.271 e. The molecule has 0 bridgehead atoms. The van der Waals surface area contributed by atoms with Gasteiger partial charge >= 0.3 is 0 Å². The van der Waals surface area contributed by atoms with Crippen molar-refractivity contribution in [3.05, 3.63) is 42.5 Å². The first-order chi connectivity index (χ1) is 14.1. The van der Waals surface area contributed by atoms with Gasteiger partial charge in [-0.2, -0.15) is 0 Å². The number of aryl methyl sites for hydroxylation is 1. The van der Waals surface area contributed by atoms with E-state index < -0.39 is 0 Å². The second kappa shape index (κ2) is 10.1. The van der Waals surface area contributed by atoms with Crippen LogP contribution in [0.1, 0.15) is 48.8 Å². The smallest absolute Gasteiger partial charge is 0.271 e. The lowest BCUT2D eigenvalue weighted by molar-refractivity contribution is -0.128. The molecule has 9 heteroatoms. The third-order valence-corrected chi connectivity index (χ3v) is 5.01. The van der Waals surface area contributed by atoms with E-state index in [1.807, 2.05) is 14.0 Å². The first-order valence-corrected chi connectivity index (χ1v) is 9.99. The topological polar surface area (TPSA) is 111 Å². The Hall–Kier alpha value is -2.81. The summed E-state index contributed by atoms with van der Waals surface area (Å²) in [4.78, 5) is 37.4. The molecule has 29 heavy (non-hydrogen) atoms. The van der Waals surface area contributed by atoms with Crippen molar-refractivity contribution in [2.24, 2.45) is 13.0 Å². The van der Waals surface area contributed by atoms with Crippen LogP contribution in [0.5, 0.6) is 0 Å². The van der Waals surface area contributed by atoms with Gasteiger partial charge in [0.2, 0.25) is 5.91 Å². The molecule has 2 heterocycles.